The predicted octanol–water partition coefficient (Wildman–Crippen LogP) is 4.75. The van der Waals surface area contributed by atoms with E-state index in [0.717, 1.165) is 55.8 Å². The van der Waals surface area contributed by atoms with Crippen molar-refractivity contribution in [3.63, 3.8) is 0 Å². The lowest BCUT2D eigenvalue weighted by Gasteiger charge is -2.24. The summed E-state index contributed by atoms with van der Waals surface area (Å²) in [5, 5.41) is 1.26. The molecule has 1 aliphatic heterocycles. The maximum atomic E-state index is 13.5. The topological polar surface area (TPSA) is 52.2 Å². The molecule has 0 bridgehead atoms. The summed E-state index contributed by atoms with van der Waals surface area (Å²) in [6.07, 6.45) is 6.53. The SMILES string of the molecule is CCN1CCN(Cc2c[nH]c3ccccc23)C[C@@H](Cc2ccccc2-c2cccnc2)C1=O. The van der Waals surface area contributed by atoms with Crippen molar-refractivity contribution in [1.29, 1.82) is 0 Å². The summed E-state index contributed by atoms with van der Waals surface area (Å²) >= 11 is 0. The first-order chi connectivity index (χ1) is 16.2. The van der Waals surface area contributed by atoms with Crippen molar-refractivity contribution in [2.45, 2.75) is 19.9 Å². The number of aromatic nitrogens is 2. The predicted molar refractivity (Wildman–Crippen MR) is 133 cm³/mol. The van der Waals surface area contributed by atoms with Gasteiger partial charge in [0, 0.05) is 67.8 Å². The third-order valence-corrected chi connectivity index (χ3v) is 6.73. The minimum Gasteiger partial charge on any atom is -0.361 e. The Hall–Kier alpha value is -3.44. The summed E-state index contributed by atoms with van der Waals surface area (Å²) in [6.45, 7) is 6.10. The highest BCUT2D eigenvalue weighted by Gasteiger charge is 2.30. The molecule has 1 aliphatic rings. The second-order valence-corrected chi connectivity index (χ2v) is 8.81. The number of hydrogen-bond acceptors (Lipinski definition) is 3. The Morgan fingerprint density at radius 3 is 2.70 bits per heavy atom. The van der Waals surface area contributed by atoms with Gasteiger partial charge in [-0.3, -0.25) is 14.7 Å². The van der Waals surface area contributed by atoms with Crippen LogP contribution in [0.4, 0.5) is 0 Å². The van der Waals surface area contributed by atoms with Crippen LogP contribution >= 0.6 is 0 Å². The first-order valence-corrected chi connectivity index (χ1v) is 11.8. The summed E-state index contributed by atoms with van der Waals surface area (Å²) < 4.78 is 0. The molecular formula is C28H30N4O. The fourth-order valence-corrected chi connectivity index (χ4v) is 4.99. The first-order valence-electron chi connectivity index (χ1n) is 11.8. The standard InChI is InChI=1S/C28H30N4O/c1-2-32-15-14-31(20-24-18-30-27-12-6-5-11-26(24)27)19-23(28(32)33)16-21-8-3-4-10-25(21)22-9-7-13-29-17-22/h3-13,17-18,23,30H,2,14-16,19-20H2,1H3/t23-/m1/s1. The van der Waals surface area contributed by atoms with E-state index in [4.69, 9.17) is 0 Å². The third-order valence-electron chi connectivity index (χ3n) is 6.73. The van der Waals surface area contributed by atoms with Gasteiger partial charge in [0.25, 0.3) is 0 Å². The summed E-state index contributed by atoms with van der Waals surface area (Å²) in [4.78, 5) is 25.6. The van der Waals surface area contributed by atoms with Gasteiger partial charge in [0.2, 0.25) is 5.91 Å². The van der Waals surface area contributed by atoms with Crippen LogP contribution in [0.25, 0.3) is 22.0 Å². The quantitative estimate of drug-likeness (QED) is 0.473. The number of pyridine rings is 1. The van der Waals surface area contributed by atoms with Gasteiger partial charge in [0.05, 0.1) is 5.92 Å². The maximum Gasteiger partial charge on any atom is 0.227 e. The number of hydrogen-bond donors (Lipinski definition) is 1. The summed E-state index contributed by atoms with van der Waals surface area (Å²) in [5.74, 6) is 0.190. The number of amides is 1. The molecule has 1 amide bonds. The number of nitrogens with zero attached hydrogens (tertiary/aromatic N) is 3. The van der Waals surface area contributed by atoms with Gasteiger partial charge in [-0.2, -0.15) is 0 Å². The van der Waals surface area contributed by atoms with E-state index in [1.54, 1.807) is 6.20 Å². The molecule has 2 aromatic heterocycles. The van der Waals surface area contributed by atoms with Gasteiger partial charge in [-0.05, 0) is 42.2 Å². The van der Waals surface area contributed by atoms with Gasteiger partial charge in [-0.1, -0.05) is 48.5 Å². The van der Waals surface area contributed by atoms with Gasteiger partial charge in [-0.15, -0.1) is 0 Å². The highest BCUT2D eigenvalue weighted by molar-refractivity contribution is 5.83. The zero-order valence-electron chi connectivity index (χ0n) is 19.1. The number of benzene rings is 2. The Kier molecular flexibility index (Phi) is 6.22. The Morgan fingerprint density at radius 1 is 1.00 bits per heavy atom. The average molecular weight is 439 g/mol. The van der Waals surface area contributed by atoms with E-state index in [0.29, 0.717) is 0 Å². The number of para-hydroxylation sites is 1. The van der Waals surface area contributed by atoms with Crippen LogP contribution in [0.2, 0.25) is 0 Å². The van der Waals surface area contributed by atoms with Crippen LogP contribution in [-0.4, -0.2) is 51.9 Å². The summed E-state index contributed by atoms with van der Waals surface area (Å²) in [6, 6.07) is 20.9. The normalized spacial score (nSPS) is 17.4. The Bertz CT molecular complexity index is 1230. The molecule has 4 aromatic rings. The van der Waals surface area contributed by atoms with Crippen molar-refractivity contribution in [2.24, 2.45) is 5.92 Å². The Morgan fingerprint density at radius 2 is 1.85 bits per heavy atom. The lowest BCUT2D eigenvalue weighted by Crippen LogP contribution is -2.37. The average Bonchev–Trinajstić information content (AvgIpc) is 3.20. The molecule has 2 aromatic carbocycles. The number of aromatic amines is 1. The molecule has 3 heterocycles. The van der Waals surface area contributed by atoms with E-state index in [9.17, 15) is 4.79 Å². The van der Waals surface area contributed by atoms with E-state index >= 15 is 0 Å². The molecular weight excluding hydrogens is 408 g/mol. The van der Waals surface area contributed by atoms with Crippen LogP contribution < -0.4 is 0 Å². The molecule has 168 valence electrons. The minimum absolute atomic E-state index is 0.0736. The lowest BCUT2D eigenvalue weighted by molar-refractivity contribution is -0.134. The van der Waals surface area contributed by atoms with Crippen LogP contribution in [0.5, 0.6) is 0 Å². The second kappa shape index (κ2) is 9.59. The molecule has 33 heavy (non-hydrogen) atoms. The van der Waals surface area contributed by atoms with Gasteiger partial charge >= 0.3 is 0 Å². The number of fused-ring (bicyclic) bond motifs is 1. The summed E-state index contributed by atoms with van der Waals surface area (Å²) in [7, 11) is 0. The Balaban J connectivity index is 1.41. The maximum absolute atomic E-state index is 13.5. The number of nitrogens with one attached hydrogen (secondary N) is 1. The van der Waals surface area contributed by atoms with E-state index < -0.39 is 0 Å². The van der Waals surface area contributed by atoms with Crippen molar-refractivity contribution in [2.75, 3.05) is 26.2 Å². The third kappa shape index (κ3) is 4.55. The number of H-pyrrole nitrogens is 1. The monoisotopic (exact) mass is 438 g/mol. The number of carbonyl (C=O) groups excluding carboxylic acids is 1. The van der Waals surface area contributed by atoms with Crippen molar-refractivity contribution in [3.8, 4) is 11.1 Å². The molecule has 0 saturated carbocycles. The van der Waals surface area contributed by atoms with Gasteiger partial charge in [0.1, 0.15) is 0 Å². The van der Waals surface area contributed by atoms with Gasteiger partial charge in [-0.25, -0.2) is 0 Å². The molecule has 0 radical (unpaired) electrons. The highest BCUT2D eigenvalue weighted by Crippen LogP contribution is 2.27. The first kappa shape index (κ1) is 21.4. The molecule has 1 N–H and O–H groups in total. The summed E-state index contributed by atoms with van der Waals surface area (Å²) in [5.41, 5.74) is 5.91. The minimum atomic E-state index is -0.0736. The number of likely N-dealkylation sites (N-methyl/N-ethyl adjacent to an activating group) is 1. The van der Waals surface area contributed by atoms with E-state index in [-0.39, 0.29) is 11.8 Å². The molecule has 1 saturated heterocycles. The molecule has 5 nitrogen and oxygen atoms in total. The zero-order valence-corrected chi connectivity index (χ0v) is 19.1. The molecule has 5 rings (SSSR count). The van der Waals surface area contributed by atoms with Crippen LogP contribution in [0.1, 0.15) is 18.1 Å². The van der Waals surface area contributed by atoms with E-state index in [1.807, 2.05) is 17.2 Å². The van der Waals surface area contributed by atoms with Crippen molar-refractivity contribution in [3.05, 3.63) is 90.4 Å². The molecule has 5 heteroatoms. The number of rotatable bonds is 6. The van der Waals surface area contributed by atoms with Gasteiger partial charge < -0.3 is 9.88 Å². The fraction of sp³-hybridized carbons (Fsp3) is 0.286. The Labute approximate surface area is 195 Å². The molecule has 1 atom stereocenters. The number of carbonyl (C=O) groups is 1. The van der Waals surface area contributed by atoms with Crippen LogP contribution in [0.3, 0.4) is 0 Å². The van der Waals surface area contributed by atoms with Crippen molar-refractivity contribution >= 4 is 16.8 Å². The van der Waals surface area contributed by atoms with Gasteiger partial charge in [0.15, 0.2) is 0 Å². The molecule has 0 aliphatic carbocycles. The second-order valence-electron chi connectivity index (χ2n) is 8.81. The van der Waals surface area contributed by atoms with Crippen molar-refractivity contribution in [1.82, 2.24) is 19.8 Å². The lowest BCUT2D eigenvalue weighted by atomic mass is 9.91. The van der Waals surface area contributed by atoms with E-state index in [1.165, 1.54) is 16.5 Å². The highest BCUT2D eigenvalue weighted by atomic mass is 16.2. The zero-order chi connectivity index (χ0) is 22.6. The fourth-order valence-electron chi connectivity index (χ4n) is 4.99. The van der Waals surface area contributed by atoms with Crippen LogP contribution in [0.15, 0.2) is 79.3 Å². The van der Waals surface area contributed by atoms with E-state index in [2.05, 4.69) is 82.6 Å². The smallest absolute Gasteiger partial charge is 0.227 e. The molecule has 0 unspecified atom stereocenters. The largest absolute Gasteiger partial charge is 0.361 e. The van der Waals surface area contributed by atoms with Crippen LogP contribution in [0, 0.1) is 5.92 Å². The molecule has 1 fully saturated rings. The van der Waals surface area contributed by atoms with Crippen LogP contribution in [-0.2, 0) is 17.8 Å². The molecule has 0 spiro atoms. The van der Waals surface area contributed by atoms with Crippen molar-refractivity contribution < 1.29 is 4.79 Å².